The van der Waals surface area contributed by atoms with Crippen LogP contribution < -0.4 is 5.48 Å². The number of hydrogen-bond donors (Lipinski definition) is 3. The van der Waals surface area contributed by atoms with Crippen molar-refractivity contribution < 1.29 is 10.3 Å². The van der Waals surface area contributed by atoms with Crippen LogP contribution in [0.5, 0.6) is 5.75 Å². The summed E-state index contributed by atoms with van der Waals surface area (Å²) in [5.74, 6) is 0.259. The van der Waals surface area contributed by atoms with Gasteiger partial charge in [-0.2, -0.15) is 0 Å². The highest BCUT2D eigenvalue weighted by atomic mass is 32.2. The summed E-state index contributed by atoms with van der Waals surface area (Å²) in [4.78, 5) is 0.844. The second-order valence-electron chi connectivity index (χ2n) is 2.34. The first kappa shape index (κ1) is 9.38. The molecule has 1 rings (SSSR count). The van der Waals surface area contributed by atoms with Gasteiger partial charge in [0.05, 0.1) is 0 Å². The van der Waals surface area contributed by atoms with Gasteiger partial charge in [-0.3, -0.25) is 0 Å². The van der Waals surface area contributed by atoms with Gasteiger partial charge in [-0.15, -0.1) is 11.8 Å². The average Bonchev–Trinajstić information content (AvgIpc) is 2.05. The van der Waals surface area contributed by atoms with Crippen LogP contribution in [0.4, 0.5) is 0 Å². The molecule has 66 valence electrons. The van der Waals surface area contributed by atoms with Gasteiger partial charge in [0.1, 0.15) is 5.75 Å². The fourth-order valence-corrected chi connectivity index (χ4v) is 1.41. The lowest BCUT2D eigenvalue weighted by Gasteiger charge is -2.03. The van der Waals surface area contributed by atoms with Crippen molar-refractivity contribution in [1.29, 1.82) is 0 Å². The van der Waals surface area contributed by atoms with Crippen LogP contribution in [0.3, 0.4) is 0 Å². The summed E-state index contributed by atoms with van der Waals surface area (Å²) in [5.41, 5.74) is 2.89. The van der Waals surface area contributed by atoms with E-state index < -0.39 is 0 Å². The maximum Gasteiger partial charge on any atom is 0.129 e. The molecule has 4 heteroatoms. The van der Waals surface area contributed by atoms with E-state index >= 15 is 0 Å². The Kier molecular flexibility index (Phi) is 3.40. The molecule has 12 heavy (non-hydrogen) atoms. The lowest BCUT2D eigenvalue weighted by atomic mass is 10.2. The van der Waals surface area contributed by atoms with Gasteiger partial charge < -0.3 is 10.3 Å². The minimum Gasteiger partial charge on any atom is -0.507 e. The Morgan fingerprint density at radius 3 is 2.75 bits per heavy atom. The van der Waals surface area contributed by atoms with Gasteiger partial charge in [0.2, 0.25) is 0 Å². The minimum atomic E-state index is 0.259. The van der Waals surface area contributed by atoms with Crippen molar-refractivity contribution in [3.05, 3.63) is 23.8 Å². The molecule has 0 aliphatic heterocycles. The Hall–Kier alpha value is -0.710. The first-order valence-electron chi connectivity index (χ1n) is 3.50. The third kappa shape index (κ3) is 2.14. The van der Waals surface area contributed by atoms with Crippen LogP contribution in [0.15, 0.2) is 23.1 Å². The maximum atomic E-state index is 9.39. The van der Waals surface area contributed by atoms with E-state index in [2.05, 4.69) is 0 Å². The summed E-state index contributed by atoms with van der Waals surface area (Å²) in [6.45, 7) is 0.349. The molecule has 0 unspecified atom stereocenters. The topological polar surface area (TPSA) is 52.5 Å². The SMILES string of the molecule is CSc1ccc(CNO)cc1O. The fourth-order valence-electron chi connectivity index (χ4n) is 0.937. The highest BCUT2D eigenvalue weighted by molar-refractivity contribution is 7.98. The molecule has 0 saturated heterocycles. The van der Waals surface area contributed by atoms with E-state index in [1.807, 2.05) is 23.9 Å². The molecule has 3 N–H and O–H groups in total. The van der Waals surface area contributed by atoms with E-state index in [-0.39, 0.29) is 5.75 Å². The highest BCUT2D eigenvalue weighted by Gasteiger charge is 2.00. The maximum absolute atomic E-state index is 9.39. The quantitative estimate of drug-likeness (QED) is 0.494. The zero-order valence-electron chi connectivity index (χ0n) is 6.74. The summed E-state index contributed by atoms with van der Waals surface area (Å²) in [5, 5.41) is 17.8. The molecular weight excluding hydrogens is 174 g/mol. The van der Waals surface area contributed by atoms with E-state index in [0.717, 1.165) is 10.5 Å². The largest absolute Gasteiger partial charge is 0.507 e. The van der Waals surface area contributed by atoms with Gasteiger partial charge >= 0.3 is 0 Å². The number of hydroxylamine groups is 1. The number of phenols is 1. The minimum absolute atomic E-state index is 0.259. The molecule has 0 fully saturated rings. The van der Waals surface area contributed by atoms with Crippen molar-refractivity contribution in [2.75, 3.05) is 6.26 Å². The second-order valence-corrected chi connectivity index (χ2v) is 3.19. The molecule has 1 aromatic carbocycles. The van der Waals surface area contributed by atoms with E-state index in [9.17, 15) is 5.11 Å². The van der Waals surface area contributed by atoms with Crippen LogP contribution in [-0.4, -0.2) is 16.6 Å². The zero-order chi connectivity index (χ0) is 8.97. The van der Waals surface area contributed by atoms with Crippen LogP contribution in [0.25, 0.3) is 0 Å². The second kappa shape index (κ2) is 4.35. The van der Waals surface area contributed by atoms with Crippen LogP contribution in [0.1, 0.15) is 5.56 Å². The van der Waals surface area contributed by atoms with Gasteiger partial charge in [0.25, 0.3) is 0 Å². The summed E-state index contributed by atoms with van der Waals surface area (Å²) in [6, 6.07) is 5.32. The number of rotatable bonds is 3. The first-order valence-corrected chi connectivity index (χ1v) is 4.73. The van der Waals surface area contributed by atoms with Crippen LogP contribution in [0.2, 0.25) is 0 Å². The Morgan fingerprint density at radius 1 is 1.50 bits per heavy atom. The van der Waals surface area contributed by atoms with Crippen LogP contribution in [-0.2, 0) is 6.54 Å². The monoisotopic (exact) mass is 185 g/mol. The fraction of sp³-hybridized carbons (Fsp3) is 0.250. The Labute approximate surface area is 75.4 Å². The lowest BCUT2D eigenvalue weighted by molar-refractivity contribution is 0.161. The number of thioether (sulfide) groups is 1. The van der Waals surface area contributed by atoms with E-state index in [1.54, 1.807) is 6.07 Å². The molecule has 0 aliphatic rings. The van der Waals surface area contributed by atoms with Gasteiger partial charge in [-0.05, 0) is 24.0 Å². The first-order chi connectivity index (χ1) is 5.77. The molecule has 0 spiro atoms. The smallest absolute Gasteiger partial charge is 0.129 e. The molecular formula is C8H11NO2S. The van der Waals surface area contributed by atoms with Gasteiger partial charge in [0, 0.05) is 11.4 Å². The van der Waals surface area contributed by atoms with Gasteiger partial charge in [-0.1, -0.05) is 6.07 Å². The molecule has 0 heterocycles. The summed E-state index contributed by atoms with van der Waals surface area (Å²) < 4.78 is 0. The standard InChI is InChI=1S/C8H11NO2S/c1-12-8-3-2-6(5-9-11)4-7(8)10/h2-4,9-11H,5H2,1H3. The number of hydrogen-bond acceptors (Lipinski definition) is 4. The third-order valence-corrected chi connectivity index (χ3v) is 2.31. The van der Waals surface area contributed by atoms with Crippen LogP contribution >= 0.6 is 11.8 Å². The van der Waals surface area contributed by atoms with Gasteiger partial charge in [0.15, 0.2) is 0 Å². The summed E-state index contributed by atoms with van der Waals surface area (Å²) >= 11 is 1.49. The lowest BCUT2D eigenvalue weighted by Crippen LogP contribution is -2.05. The number of phenolic OH excluding ortho intramolecular Hbond substituents is 1. The normalized spacial score (nSPS) is 10.2. The summed E-state index contributed by atoms with van der Waals surface area (Å²) in [7, 11) is 0. The van der Waals surface area contributed by atoms with E-state index in [4.69, 9.17) is 5.21 Å². The van der Waals surface area contributed by atoms with E-state index in [1.165, 1.54) is 11.8 Å². The molecule has 0 aliphatic carbocycles. The molecule has 0 saturated carbocycles. The number of nitrogens with one attached hydrogen (secondary N) is 1. The van der Waals surface area contributed by atoms with Crippen LogP contribution in [0, 0.1) is 0 Å². The molecule has 3 nitrogen and oxygen atoms in total. The molecule has 0 atom stereocenters. The molecule has 0 amide bonds. The summed E-state index contributed by atoms with van der Waals surface area (Å²) in [6.07, 6.45) is 1.90. The molecule has 0 radical (unpaired) electrons. The van der Waals surface area contributed by atoms with Crippen molar-refractivity contribution in [2.45, 2.75) is 11.4 Å². The van der Waals surface area contributed by atoms with Crippen molar-refractivity contribution in [1.82, 2.24) is 5.48 Å². The van der Waals surface area contributed by atoms with Crippen molar-refractivity contribution in [3.63, 3.8) is 0 Å². The number of aromatic hydroxyl groups is 1. The van der Waals surface area contributed by atoms with Crippen molar-refractivity contribution in [2.24, 2.45) is 0 Å². The van der Waals surface area contributed by atoms with Crippen molar-refractivity contribution >= 4 is 11.8 Å². The van der Waals surface area contributed by atoms with Gasteiger partial charge in [-0.25, -0.2) is 5.48 Å². The number of benzene rings is 1. The zero-order valence-corrected chi connectivity index (χ0v) is 7.56. The predicted molar refractivity (Wildman–Crippen MR) is 48.5 cm³/mol. The Balaban J connectivity index is 2.86. The predicted octanol–water partition coefficient (Wildman–Crippen LogP) is 1.59. The molecule has 0 aromatic heterocycles. The molecule has 0 bridgehead atoms. The highest BCUT2D eigenvalue weighted by Crippen LogP contribution is 2.26. The van der Waals surface area contributed by atoms with Crippen molar-refractivity contribution in [3.8, 4) is 5.75 Å². The Morgan fingerprint density at radius 2 is 2.25 bits per heavy atom. The average molecular weight is 185 g/mol. The third-order valence-electron chi connectivity index (χ3n) is 1.53. The van der Waals surface area contributed by atoms with E-state index in [0.29, 0.717) is 6.54 Å². The molecule has 1 aromatic rings. The Bertz CT molecular complexity index is 265.